The van der Waals surface area contributed by atoms with Gasteiger partial charge in [0, 0.05) is 17.7 Å². The minimum Gasteiger partial charge on any atom is -0.406 e. The molecule has 0 unspecified atom stereocenters. The normalized spacial score (nSPS) is 14.7. The molecule has 2 aromatic carbocycles. The fraction of sp³-hybridized carbons (Fsp3) is 0.333. The Morgan fingerprint density at radius 2 is 1.76 bits per heavy atom. The molecule has 4 rings (SSSR count). The number of hydrogen-bond acceptors (Lipinski definition) is 5. The lowest BCUT2D eigenvalue weighted by atomic mass is 9.96. The van der Waals surface area contributed by atoms with Crippen molar-refractivity contribution < 1.29 is 17.9 Å². The van der Waals surface area contributed by atoms with Crippen LogP contribution in [0.25, 0.3) is 11.3 Å². The second-order valence-corrected chi connectivity index (χ2v) is 8.48. The van der Waals surface area contributed by atoms with Gasteiger partial charge in [0.2, 0.25) is 5.95 Å². The second-order valence-electron chi connectivity index (χ2n) is 8.07. The molecule has 3 aromatic rings. The van der Waals surface area contributed by atoms with E-state index in [0.29, 0.717) is 33.7 Å². The van der Waals surface area contributed by atoms with Gasteiger partial charge in [0.25, 0.3) is 0 Å². The number of rotatable bonds is 6. The van der Waals surface area contributed by atoms with E-state index >= 15 is 0 Å². The summed E-state index contributed by atoms with van der Waals surface area (Å²) in [6.45, 7) is 1.93. The van der Waals surface area contributed by atoms with Crippen molar-refractivity contribution >= 4 is 29.1 Å². The first kappa shape index (κ1) is 23.2. The minimum atomic E-state index is -4.77. The number of halogens is 4. The molecule has 174 valence electrons. The summed E-state index contributed by atoms with van der Waals surface area (Å²) >= 11 is 6.37. The van der Waals surface area contributed by atoms with Gasteiger partial charge >= 0.3 is 6.36 Å². The lowest BCUT2D eigenvalue weighted by molar-refractivity contribution is -0.274. The van der Waals surface area contributed by atoms with Crippen molar-refractivity contribution in [1.29, 1.82) is 0 Å². The molecule has 1 aliphatic rings. The van der Waals surface area contributed by atoms with Gasteiger partial charge in [-0.05, 0) is 43.5 Å². The van der Waals surface area contributed by atoms with Crippen molar-refractivity contribution in [2.75, 3.05) is 10.6 Å². The number of hydrogen-bond donors (Lipinski definition) is 2. The molecule has 5 nitrogen and oxygen atoms in total. The summed E-state index contributed by atoms with van der Waals surface area (Å²) in [4.78, 5) is 9.20. The highest BCUT2D eigenvalue weighted by Gasteiger charge is 2.31. The minimum absolute atomic E-state index is 0.254. The Hall–Kier alpha value is -3.00. The van der Waals surface area contributed by atoms with E-state index in [1.54, 1.807) is 18.2 Å². The zero-order valence-corrected chi connectivity index (χ0v) is 18.8. The molecule has 0 aliphatic heterocycles. The molecule has 0 radical (unpaired) electrons. The third-order valence-corrected chi connectivity index (χ3v) is 5.82. The molecule has 0 amide bonds. The number of nitrogens with one attached hydrogen (secondary N) is 2. The molecule has 1 saturated carbocycles. The smallest absolute Gasteiger partial charge is 0.406 e. The number of nitrogens with zero attached hydrogens (tertiary/aromatic N) is 2. The SMILES string of the molecule is Cc1cccc(Cl)c1Nc1cc(-c2cccc(OC(F)(F)F)c2)nc(NC2CCCCC2)n1. The summed E-state index contributed by atoms with van der Waals surface area (Å²) in [5, 5.41) is 7.18. The second kappa shape index (κ2) is 9.87. The highest BCUT2D eigenvalue weighted by atomic mass is 35.5. The van der Waals surface area contributed by atoms with Crippen LogP contribution in [-0.2, 0) is 0 Å². The molecule has 33 heavy (non-hydrogen) atoms. The topological polar surface area (TPSA) is 59.1 Å². The summed E-state index contributed by atoms with van der Waals surface area (Å²) in [6, 6.07) is 13.2. The third-order valence-electron chi connectivity index (χ3n) is 5.50. The largest absolute Gasteiger partial charge is 0.573 e. The number of alkyl halides is 3. The average Bonchev–Trinajstić information content (AvgIpc) is 2.76. The highest BCUT2D eigenvalue weighted by molar-refractivity contribution is 6.33. The monoisotopic (exact) mass is 476 g/mol. The molecular weight excluding hydrogens is 453 g/mol. The van der Waals surface area contributed by atoms with Crippen LogP contribution >= 0.6 is 11.6 Å². The summed E-state index contributed by atoms with van der Waals surface area (Å²) in [7, 11) is 0. The van der Waals surface area contributed by atoms with Gasteiger partial charge in [-0.15, -0.1) is 13.2 Å². The number of para-hydroxylation sites is 1. The summed E-state index contributed by atoms with van der Waals surface area (Å²) in [5.74, 6) is 0.585. The molecular formula is C24H24ClF3N4O. The number of benzene rings is 2. The van der Waals surface area contributed by atoms with Crippen LogP contribution in [0.3, 0.4) is 0 Å². The van der Waals surface area contributed by atoms with Crippen LogP contribution in [0.5, 0.6) is 5.75 Å². The van der Waals surface area contributed by atoms with Crippen LogP contribution < -0.4 is 15.4 Å². The number of aryl methyl sites for hydroxylation is 1. The van der Waals surface area contributed by atoms with E-state index < -0.39 is 6.36 Å². The standard InChI is InChI=1S/C24H24ClF3N4O/c1-15-7-5-12-19(25)22(15)31-21-14-20(16-8-6-11-18(13-16)33-24(26,27)28)30-23(32-21)29-17-9-3-2-4-10-17/h5-8,11-14,17H,2-4,9-10H2,1H3,(H2,29,30,31,32). The average molecular weight is 477 g/mol. The quantitative estimate of drug-likeness (QED) is 0.386. The highest BCUT2D eigenvalue weighted by Crippen LogP contribution is 2.32. The van der Waals surface area contributed by atoms with Crippen LogP contribution in [0.1, 0.15) is 37.7 Å². The lowest BCUT2D eigenvalue weighted by Crippen LogP contribution is -2.23. The van der Waals surface area contributed by atoms with Gasteiger partial charge < -0.3 is 15.4 Å². The zero-order chi connectivity index (χ0) is 23.4. The van der Waals surface area contributed by atoms with Crippen molar-refractivity contribution in [2.45, 2.75) is 51.4 Å². The molecule has 0 saturated heterocycles. The number of aromatic nitrogens is 2. The van der Waals surface area contributed by atoms with E-state index in [1.165, 1.54) is 24.6 Å². The molecule has 1 aromatic heterocycles. The Morgan fingerprint density at radius 1 is 1.00 bits per heavy atom. The Morgan fingerprint density at radius 3 is 2.48 bits per heavy atom. The molecule has 1 aliphatic carbocycles. The molecule has 9 heteroatoms. The van der Waals surface area contributed by atoms with E-state index in [4.69, 9.17) is 11.6 Å². The predicted octanol–water partition coefficient (Wildman–Crippen LogP) is 7.49. The third kappa shape index (κ3) is 6.28. The van der Waals surface area contributed by atoms with Gasteiger partial charge in [-0.1, -0.05) is 55.1 Å². The van der Waals surface area contributed by atoms with Gasteiger partial charge in [0.15, 0.2) is 0 Å². The summed E-state index contributed by atoms with van der Waals surface area (Å²) in [6.07, 6.45) is 0.760. The molecule has 2 N–H and O–H groups in total. The van der Waals surface area contributed by atoms with E-state index in [1.807, 2.05) is 19.1 Å². The Labute approximate surface area is 195 Å². The number of ether oxygens (including phenoxy) is 1. The molecule has 1 heterocycles. The summed E-state index contributed by atoms with van der Waals surface area (Å²) < 4.78 is 42.2. The van der Waals surface area contributed by atoms with Gasteiger partial charge in [0.1, 0.15) is 11.6 Å². The Bertz CT molecular complexity index is 1100. The maximum atomic E-state index is 12.7. The molecule has 0 atom stereocenters. The van der Waals surface area contributed by atoms with Crippen molar-refractivity contribution in [2.24, 2.45) is 0 Å². The lowest BCUT2D eigenvalue weighted by Gasteiger charge is -2.23. The first-order valence-electron chi connectivity index (χ1n) is 10.8. The predicted molar refractivity (Wildman–Crippen MR) is 124 cm³/mol. The molecule has 1 fully saturated rings. The van der Waals surface area contributed by atoms with Crippen LogP contribution in [0.2, 0.25) is 5.02 Å². The van der Waals surface area contributed by atoms with Crippen LogP contribution in [0.15, 0.2) is 48.5 Å². The van der Waals surface area contributed by atoms with Crippen molar-refractivity contribution in [1.82, 2.24) is 9.97 Å². The fourth-order valence-corrected chi connectivity index (χ4v) is 4.19. The van der Waals surface area contributed by atoms with Crippen molar-refractivity contribution in [3.8, 4) is 17.0 Å². The van der Waals surface area contributed by atoms with E-state index in [0.717, 1.165) is 31.2 Å². The van der Waals surface area contributed by atoms with E-state index in [2.05, 4.69) is 25.3 Å². The molecule has 0 spiro atoms. The summed E-state index contributed by atoms with van der Waals surface area (Å²) in [5.41, 5.74) is 2.58. The van der Waals surface area contributed by atoms with Crippen LogP contribution in [0, 0.1) is 6.92 Å². The van der Waals surface area contributed by atoms with Gasteiger partial charge in [-0.2, -0.15) is 4.98 Å². The van der Waals surface area contributed by atoms with Crippen LogP contribution in [0.4, 0.5) is 30.6 Å². The Kier molecular flexibility index (Phi) is 6.93. The van der Waals surface area contributed by atoms with Crippen LogP contribution in [-0.4, -0.2) is 22.4 Å². The fourth-order valence-electron chi connectivity index (χ4n) is 3.92. The maximum absolute atomic E-state index is 12.7. The van der Waals surface area contributed by atoms with Crippen molar-refractivity contribution in [3.63, 3.8) is 0 Å². The molecule has 0 bridgehead atoms. The van der Waals surface area contributed by atoms with Gasteiger partial charge in [-0.25, -0.2) is 4.98 Å². The van der Waals surface area contributed by atoms with Gasteiger partial charge in [-0.3, -0.25) is 0 Å². The zero-order valence-electron chi connectivity index (χ0n) is 18.0. The first-order chi connectivity index (χ1) is 15.8. The first-order valence-corrected chi connectivity index (χ1v) is 11.2. The van der Waals surface area contributed by atoms with E-state index in [-0.39, 0.29) is 11.8 Å². The van der Waals surface area contributed by atoms with Crippen molar-refractivity contribution in [3.05, 3.63) is 59.1 Å². The Balaban J connectivity index is 1.70. The van der Waals surface area contributed by atoms with Gasteiger partial charge in [0.05, 0.1) is 16.4 Å². The van der Waals surface area contributed by atoms with E-state index in [9.17, 15) is 13.2 Å². The number of anilines is 3. The maximum Gasteiger partial charge on any atom is 0.573 e.